The number of allylic oxidation sites excluding steroid dienone is 3. The highest BCUT2D eigenvalue weighted by Crippen LogP contribution is 2.33. The van der Waals surface area contributed by atoms with Crippen LogP contribution in [0.15, 0.2) is 46.3 Å². The largest absolute Gasteiger partial charge is 0.494 e. The van der Waals surface area contributed by atoms with Crippen LogP contribution in [0.2, 0.25) is 0 Å². The maximum atomic E-state index is 12.6. The molecule has 29 heavy (non-hydrogen) atoms. The fourth-order valence-corrected chi connectivity index (χ4v) is 2.95. The van der Waals surface area contributed by atoms with Crippen LogP contribution < -0.4 is 19.8 Å². The molecule has 5 heteroatoms. The number of aromatic nitrogens is 1. The van der Waals surface area contributed by atoms with E-state index in [-0.39, 0.29) is 11.3 Å². The first-order valence-electron chi connectivity index (χ1n) is 10.2. The van der Waals surface area contributed by atoms with E-state index in [0.717, 1.165) is 36.8 Å². The van der Waals surface area contributed by atoms with Crippen LogP contribution in [0.4, 0.5) is 0 Å². The first-order valence-corrected chi connectivity index (χ1v) is 10.2. The molecule has 1 heterocycles. The third-order valence-electron chi connectivity index (χ3n) is 4.62. The Kier molecular flexibility index (Phi) is 8.84. The average molecular weight is 400 g/mol. The number of aromatic amines is 1. The van der Waals surface area contributed by atoms with Gasteiger partial charge < -0.3 is 19.2 Å². The molecule has 0 saturated heterocycles. The third-order valence-corrected chi connectivity index (χ3v) is 4.62. The molecule has 5 nitrogen and oxygen atoms in total. The number of benzene rings is 1. The van der Waals surface area contributed by atoms with Gasteiger partial charge in [0.2, 0.25) is 5.75 Å². The molecule has 0 aliphatic rings. The van der Waals surface area contributed by atoms with Crippen molar-refractivity contribution in [2.45, 2.75) is 53.4 Å². The maximum absolute atomic E-state index is 12.6. The van der Waals surface area contributed by atoms with E-state index < -0.39 is 0 Å². The number of rotatable bonds is 11. The summed E-state index contributed by atoms with van der Waals surface area (Å²) in [5.74, 6) is 1.37. The van der Waals surface area contributed by atoms with Crippen LogP contribution in [-0.2, 0) is 0 Å². The highest BCUT2D eigenvalue weighted by atomic mass is 16.5. The van der Waals surface area contributed by atoms with Gasteiger partial charge in [-0.2, -0.15) is 0 Å². The molecule has 1 N–H and O–H groups in total. The zero-order chi connectivity index (χ0) is 21.2. The van der Waals surface area contributed by atoms with Gasteiger partial charge in [0.1, 0.15) is 12.4 Å². The smallest absolute Gasteiger partial charge is 0.294 e. The van der Waals surface area contributed by atoms with Crippen molar-refractivity contribution in [1.29, 1.82) is 0 Å². The fraction of sp³-hybridized carbons (Fsp3) is 0.458. The van der Waals surface area contributed by atoms with Crippen molar-refractivity contribution in [1.82, 2.24) is 4.98 Å². The van der Waals surface area contributed by atoms with Gasteiger partial charge in [0.05, 0.1) is 19.2 Å². The first kappa shape index (κ1) is 22.6. The Morgan fingerprint density at radius 3 is 2.59 bits per heavy atom. The minimum Gasteiger partial charge on any atom is -0.494 e. The number of methoxy groups -OCH3 is 1. The molecule has 158 valence electrons. The van der Waals surface area contributed by atoms with Crippen molar-refractivity contribution in [2.75, 3.05) is 20.3 Å². The van der Waals surface area contributed by atoms with Crippen LogP contribution in [0.1, 0.15) is 53.4 Å². The van der Waals surface area contributed by atoms with E-state index in [1.54, 1.807) is 7.11 Å². The number of nitrogens with one attached hydrogen (secondary N) is 1. The highest BCUT2D eigenvalue weighted by molar-refractivity contribution is 5.88. The third kappa shape index (κ3) is 6.70. The van der Waals surface area contributed by atoms with E-state index >= 15 is 0 Å². The molecular formula is C24H33NO4. The number of ether oxygens (including phenoxy) is 3. The molecule has 0 amide bonds. The van der Waals surface area contributed by atoms with Crippen molar-refractivity contribution >= 4 is 10.9 Å². The summed E-state index contributed by atoms with van der Waals surface area (Å²) in [7, 11) is 1.55. The molecule has 0 spiro atoms. The van der Waals surface area contributed by atoms with Crippen molar-refractivity contribution < 1.29 is 14.2 Å². The predicted octanol–water partition coefficient (Wildman–Crippen LogP) is 5.79. The highest BCUT2D eigenvalue weighted by Gasteiger charge is 2.15. The number of fused-ring (bicyclic) bond motifs is 1. The molecule has 1 aromatic carbocycles. The Morgan fingerprint density at radius 2 is 1.90 bits per heavy atom. The number of pyridine rings is 1. The van der Waals surface area contributed by atoms with Gasteiger partial charge in [0, 0.05) is 11.5 Å². The summed E-state index contributed by atoms with van der Waals surface area (Å²) in [6.45, 7) is 9.37. The lowest BCUT2D eigenvalue weighted by Gasteiger charge is -2.13. The lowest BCUT2D eigenvalue weighted by atomic mass is 10.1. The van der Waals surface area contributed by atoms with Gasteiger partial charge in [0.25, 0.3) is 5.56 Å². The Balaban J connectivity index is 2.16. The van der Waals surface area contributed by atoms with Gasteiger partial charge in [-0.15, -0.1) is 0 Å². The maximum Gasteiger partial charge on any atom is 0.294 e. The minimum atomic E-state index is -0.310. The van der Waals surface area contributed by atoms with Crippen LogP contribution in [0.25, 0.3) is 10.9 Å². The second-order valence-electron chi connectivity index (χ2n) is 7.41. The topological polar surface area (TPSA) is 60.6 Å². The molecule has 0 bridgehead atoms. The molecule has 0 saturated carbocycles. The summed E-state index contributed by atoms with van der Waals surface area (Å²) >= 11 is 0. The Labute approximate surface area is 173 Å². The Hall–Kier alpha value is -2.69. The lowest BCUT2D eigenvalue weighted by Crippen LogP contribution is -2.13. The molecule has 0 aliphatic carbocycles. The lowest BCUT2D eigenvalue weighted by molar-refractivity contribution is 0.309. The molecule has 0 radical (unpaired) electrons. The number of unbranched alkanes of at least 4 members (excludes halogenated alkanes) is 1. The Morgan fingerprint density at radius 1 is 1.10 bits per heavy atom. The van der Waals surface area contributed by atoms with E-state index in [0.29, 0.717) is 24.5 Å². The van der Waals surface area contributed by atoms with Crippen molar-refractivity contribution in [3.05, 3.63) is 51.9 Å². The van der Waals surface area contributed by atoms with E-state index in [1.165, 1.54) is 11.1 Å². The monoisotopic (exact) mass is 399 g/mol. The zero-order valence-corrected chi connectivity index (χ0v) is 18.3. The summed E-state index contributed by atoms with van der Waals surface area (Å²) < 4.78 is 17.0. The van der Waals surface area contributed by atoms with Crippen molar-refractivity contribution in [2.24, 2.45) is 0 Å². The van der Waals surface area contributed by atoms with Gasteiger partial charge in [-0.1, -0.05) is 30.6 Å². The molecular weight excluding hydrogens is 366 g/mol. The SMILES string of the molecule is CCCCOc1ccc2c(OC)c(OC/C=C(\C)CCC=C(C)C)c(=O)[nH]c2c1. The number of hydrogen-bond acceptors (Lipinski definition) is 4. The Bertz CT molecular complexity index is 920. The van der Waals surface area contributed by atoms with Gasteiger partial charge in [-0.05, 0) is 58.2 Å². The van der Waals surface area contributed by atoms with Crippen LogP contribution >= 0.6 is 0 Å². The van der Waals surface area contributed by atoms with Crippen molar-refractivity contribution in [3.63, 3.8) is 0 Å². The van der Waals surface area contributed by atoms with Gasteiger partial charge in [-0.25, -0.2) is 0 Å². The molecule has 0 fully saturated rings. The zero-order valence-electron chi connectivity index (χ0n) is 18.3. The number of H-pyrrole nitrogens is 1. The molecule has 1 aromatic heterocycles. The fourth-order valence-electron chi connectivity index (χ4n) is 2.95. The molecule has 2 rings (SSSR count). The minimum absolute atomic E-state index is 0.202. The van der Waals surface area contributed by atoms with E-state index in [9.17, 15) is 4.79 Å². The standard InChI is InChI=1S/C24H33NO4/c1-6-7-14-28-19-11-12-20-21(16-19)25-24(26)23(22(20)27-5)29-15-13-18(4)10-8-9-17(2)3/h9,11-13,16H,6-8,10,14-15H2,1-5H3,(H,25,26)/b18-13+. The van der Waals surface area contributed by atoms with Crippen LogP contribution in [-0.4, -0.2) is 25.3 Å². The quantitative estimate of drug-likeness (QED) is 0.384. The molecule has 0 aliphatic heterocycles. The van der Waals surface area contributed by atoms with Crippen LogP contribution in [0, 0.1) is 0 Å². The second-order valence-corrected chi connectivity index (χ2v) is 7.41. The number of hydrogen-bond donors (Lipinski definition) is 1. The predicted molar refractivity (Wildman–Crippen MR) is 119 cm³/mol. The van der Waals surface area contributed by atoms with E-state index in [2.05, 4.69) is 38.8 Å². The van der Waals surface area contributed by atoms with E-state index in [4.69, 9.17) is 14.2 Å². The summed E-state index contributed by atoms with van der Waals surface area (Å²) in [6.07, 6.45) is 8.27. The summed E-state index contributed by atoms with van der Waals surface area (Å²) in [5.41, 5.74) is 2.91. The van der Waals surface area contributed by atoms with Crippen LogP contribution in [0.3, 0.4) is 0 Å². The van der Waals surface area contributed by atoms with Gasteiger partial charge >= 0.3 is 0 Å². The first-order chi connectivity index (χ1) is 14.0. The summed E-state index contributed by atoms with van der Waals surface area (Å²) in [4.78, 5) is 15.5. The average Bonchev–Trinajstić information content (AvgIpc) is 2.68. The molecule has 0 atom stereocenters. The molecule has 0 unspecified atom stereocenters. The van der Waals surface area contributed by atoms with E-state index in [1.807, 2.05) is 24.3 Å². The molecule has 2 aromatic rings. The van der Waals surface area contributed by atoms with Gasteiger partial charge in [-0.3, -0.25) is 4.79 Å². The van der Waals surface area contributed by atoms with Crippen molar-refractivity contribution in [3.8, 4) is 17.2 Å². The van der Waals surface area contributed by atoms with Crippen LogP contribution in [0.5, 0.6) is 17.2 Å². The summed E-state index contributed by atoms with van der Waals surface area (Å²) in [5, 5.41) is 0.786. The summed E-state index contributed by atoms with van der Waals surface area (Å²) in [6, 6.07) is 5.60. The second kappa shape index (κ2) is 11.3. The normalized spacial score (nSPS) is 11.4. The van der Waals surface area contributed by atoms with Gasteiger partial charge in [0.15, 0.2) is 5.75 Å².